The van der Waals surface area contributed by atoms with Gasteiger partial charge in [0.2, 0.25) is 0 Å². The number of hydrogen-bond acceptors (Lipinski definition) is 1. The van der Waals surface area contributed by atoms with Crippen LogP contribution in [0.5, 0.6) is 11.5 Å². The van der Waals surface area contributed by atoms with E-state index in [9.17, 15) is 0 Å². The molecule has 48 heavy (non-hydrogen) atoms. The monoisotopic (exact) mass is 698 g/mol. The summed E-state index contributed by atoms with van der Waals surface area (Å²) in [7, 11) is -1.23. The first-order valence-corrected chi connectivity index (χ1v) is 25.8. The van der Waals surface area contributed by atoms with Gasteiger partial charge in [-0.3, -0.25) is 0 Å². The van der Waals surface area contributed by atoms with Crippen LogP contribution in [0.4, 0.5) is 0 Å². The first kappa shape index (κ1) is 32.1. The molecule has 1 nitrogen and oxygen atoms in total. The van der Waals surface area contributed by atoms with E-state index in [2.05, 4.69) is 185 Å². The SMILES string of the molecule is CCP1P(CC)[P+](c2ccccc2)(c2ccccc2)c2cccc3c2Oc2c(cccc2[P+]1(c1ccccc1)c1ccccc1)C3(C)C. The van der Waals surface area contributed by atoms with E-state index in [1.165, 1.54) is 43.0 Å². The molecule has 0 aromatic heterocycles. The second-order valence-electron chi connectivity index (χ2n) is 13.0. The molecule has 0 N–H and O–H groups in total. The molecule has 6 aromatic rings. The second-order valence-corrected chi connectivity index (χ2v) is 32.6. The Morgan fingerprint density at radius 3 is 1.04 bits per heavy atom. The van der Waals surface area contributed by atoms with Crippen molar-refractivity contribution in [2.24, 2.45) is 0 Å². The van der Waals surface area contributed by atoms with Crippen molar-refractivity contribution in [1.29, 1.82) is 0 Å². The normalized spacial score (nSPS) is 19.7. The van der Waals surface area contributed by atoms with Crippen molar-refractivity contribution in [3.05, 3.63) is 169 Å². The van der Waals surface area contributed by atoms with E-state index in [0.29, 0.717) is 0 Å². The summed E-state index contributed by atoms with van der Waals surface area (Å²) in [6.45, 7) is 5.30. The van der Waals surface area contributed by atoms with E-state index >= 15 is 0 Å². The quantitative estimate of drug-likeness (QED) is 0.157. The lowest BCUT2D eigenvalue weighted by atomic mass is 9.76. The van der Waals surface area contributed by atoms with E-state index in [1.807, 2.05) is 0 Å². The summed E-state index contributed by atoms with van der Waals surface area (Å²) < 4.78 is 7.66. The van der Waals surface area contributed by atoms with Crippen LogP contribution in [0.25, 0.3) is 0 Å². The molecule has 8 rings (SSSR count). The smallest absolute Gasteiger partial charge is 0.174 e. The van der Waals surface area contributed by atoms with Gasteiger partial charge in [-0.2, -0.15) is 0 Å². The third kappa shape index (κ3) is 4.52. The fourth-order valence-electron chi connectivity index (χ4n) is 8.28. The predicted molar refractivity (Wildman–Crippen MR) is 217 cm³/mol. The molecule has 6 aromatic carbocycles. The lowest BCUT2D eigenvalue weighted by Crippen LogP contribution is -2.35. The van der Waals surface area contributed by atoms with Crippen LogP contribution in [-0.2, 0) is 5.41 Å². The summed E-state index contributed by atoms with van der Waals surface area (Å²) in [5, 5.41) is 8.79. The molecular weight excluding hydrogens is 656 g/mol. The molecule has 2 unspecified atom stereocenters. The molecule has 5 heteroatoms. The fraction of sp³-hybridized carbons (Fsp3) is 0.163. The zero-order valence-corrected chi connectivity index (χ0v) is 31.7. The molecule has 0 spiro atoms. The highest BCUT2D eigenvalue weighted by Crippen LogP contribution is 3.06. The largest absolute Gasteiger partial charge is 0.448 e. The van der Waals surface area contributed by atoms with Gasteiger partial charge in [-0.05, 0) is 60.7 Å². The Labute approximate surface area is 289 Å². The molecule has 0 aliphatic carbocycles. The average Bonchev–Trinajstić information content (AvgIpc) is 3.18. The predicted octanol–water partition coefficient (Wildman–Crippen LogP) is 10.5. The van der Waals surface area contributed by atoms with Crippen LogP contribution in [0.3, 0.4) is 0 Å². The van der Waals surface area contributed by atoms with E-state index in [0.717, 1.165) is 23.8 Å². The molecule has 0 amide bonds. The lowest BCUT2D eigenvalue weighted by molar-refractivity contribution is 0.425. The van der Waals surface area contributed by atoms with Crippen molar-refractivity contribution in [2.75, 3.05) is 12.3 Å². The summed E-state index contributed by atoms with van der Waals surface area (Å²) in [4.78, 5) is 0. The van der Waals surface area contributed by atoms with Gasteiger partial charge in [0.15, 0.2) is 11.5 Å². The molecule has 0 saturated carbocycles. The molecule has 2 aliphatic rings. The zero-order chi connectivity index (χ0) is 32.9. The van der Waals surface area contributed by atoms with E-state index in [4.69, 9.17) is 4.74 Å². The second kappa shape index (κ2) is 12.6. The maximum Gasteiger partial charge on any atom is 0.174 e. The van der Waals surface area contributed by atoms with Crippen LogP contribution < -0.4 is 36.6 Å². The Hall–Kier alpha value is -3.16. The standard InChI is InChI=1S/C43H42OP4/c1-5-45-46(6-2)48(35-25-15-9-16-26-35,36-27-17-10-18-28-36)40-32-20-30-38-42(40)44-41-37(43(38,3)4)29-19-31-39(41)47(45,33-21-11-7-12-22-33)34-23-13-8-14-24-34/h7-32H,5-6H2,1-4H3/q+2. The van der Waals surface area contributed by atoms with Gasteiger partial charge in [0.25, 0.3) is 0 Å². The van der Waals surface area contributed by atoms with Crippen LogP contribution in [0.15, 0.2) is 158 Å². The molecule has 2 atom stereocenters. The Morgan fingerprint density at radius 2 is 0.750 bits per heavy atom. The average molecular weight is 699 g/mol. The highest BCUT2D eigenvalue weighted by atomic mass is 32.7. The number of ether oxygens (including phenoxy) is 1. The van der Waals surface area contributed by atoms with Gasteiger partial charge in [0.05, 0.1) is 0 Å². The summed E-state index contributed by atoms with van der Waals surface area (Å²) in [5.41, 5.74) is 2.38. The molecule has 0 fully saturated rings. The minimum Gasteiger partial charge on any atom is -0.448 e. The van der Waals surface area contributed by atoms with Gasteiger partial charge in [0, 0.05) is 28.9 Å². The summed E-state index contributed by atoms with van der Waals surface area (Å²) >= 11 is 0. The van der Waals surface area contributed by atoms with Gasteiger partial charge >= 0.3 is 0 Å². The summed E-state index contributed by atoms with van der Waals surface area (Å²) in [5.74, 6) is 2.22. The maximum absolute atomic E-state index is 7.66. The molecule has 0 radical (unpaired) electrons. The minimum atomic E-state index is -2.27. The topological polar surface area (TPSA) is 9.23 Å². The van der Waals surface area contributed by atoms with Crippen LogP contribution in [-0.4, -0.2) is 12.3 Å². The lowest BCUT2D eigenvalue weighted by Gasteiger charge is -2.41. The number of benzene rings is 6. The fourth-order valence-corrected chi connectivity index (χ4v) is 51.0. The highest BCUT2D eigenvalue weighted by Gasteiger charge is 2.68. The van der Waals surface area contributed by atoms with Crippen LogP contribution in [0.2, 0.25) is 0 Å². The molecule has 2 bridgehead atoms. The van der Waals surface area contributed by atoms with Crippen molar-refractivity contribution in [3.63, 3.8) is 0 Å². The first-order chi connectivity index (χ1) is 23.5. The van der Waals surface area contributed by atoms with Crippen molar-refractivity contribution >= 4 is 60.3 Å². The van der Waals surface area contributed by atoms with Gasteiger partial charge in [-0.1, -0.05) is 125 Å². The highest BCUT2D eigenvalue weighted by molar-refractivity contribution is 8.87. The Bertz CT molecular complexity index is 1840. The van der Waals surface area contributed by atoms with Crippen LogP contribution in [0.1, 0.15) is 38.8 Å². The Balaban J connectivity index is 1.65. The number of hydrogen-bond donors (Lipinski definition) is 0. The third-order valence-corrected chi connectivity index (χ3v) is 42.8. The van der Waals surface area contributed by atoms with Gasteiger partial charge in [-0.15, -0.1) is 0 Å². The maximum atomic E-state index is 7.66. The molecule has 2 aliphatic heterocycles. The van der Waals surface area contributed by atoms with E-state index in [1.54, 1.807) is 0 Å². The van der Waals surface area contributed by atoms with Crippen molar-refractivity contribution in [2.45, 2.75) is 33.1 Å². The molecule has 238 valence electrons. The van der Waals surface area contributed by atoms with Crippen molar-refractivity contribution < 1.29 is 4.74 Å². The summed E-state index contributed by atoms with van der Waals surface area (Å²) in [6.07, 6.45) is 2.30. The first-order valence-electron chi connectivity index (χ1n) is 17.0. The van der Waals surface area contributed by atoms with Gasteiger partial charge in [-0.25, -0.2) is 0 Å². The molecular formula is C43H42OP4+2. The Kier molecular flexibility index (Phi) is 8.43. The number of para-hydroxylation sites is 2. The molecule has 2 heterocycles. The number of rotatable bonds is 6. The zero-order valence-electron chi connectivity index (χ0n) is 28.1. The third-order valence-electron chi connectivity index (χ3n) is 10.3. The van der Waals surface area contributed by atoms with Crippen molar-refractivity contribution in [3.8, 4) is 11.5 Å². The van der Waals surface area contributed by atoms with Crippen LogP contribution in [0, 0.1) is 0 Å². The van der Waals surface area contributed by atoms with Gasteiger partial charge < -0.3 is 4.74 Å². The Morgan fingerprint density at radius 1 is 0.438 bits per heavy atom. The minimum absolute atomic E-state index is 0.227. The van der Waals surface area contributed by atoms with E-state index in [-0.39, 0.29) is 5.41 Å². The van der Waals surface area contributed by atoms with Gasteiger partial charge in [0.1, 0.15) is 60.3 Å². The van der Waals surface area contributed by atoms with Crippen molar-refractivity contribution in [1.82, 2.24) is 0 Å². The van der Waals surface area contributed by atoms with E-state index < -0.39 is 28.5 Å². The summed E-state index contributed by atoms with van der Waals surface area (Å²) in [6, 6.07) is 60.8. The van der Waals surface area contributed by atoms with Crippen LogP contribution >= 0.6 is 28.5 Å². The molecule has 0 saturated heterocycles.